The summed E-state index contributed by atoms with van der Waals surface area (Å²) >= 11 is 0. The van der Waals surface area contributed by atoms with E-state index in [2.05, 4.69) is 45.9 Å². The average molecular weight is 309 g/mol. The quantitative estimate of drug-likeness (QED) is 0.689. The van der Waals surface area contributed by atoms with Gasteiger partial charge in [-0.2, -0.15) is 0 Å². The van der Waals surface area contributed by atoms with Gasteiger partial charge in [0.1, 0.15) is 5.75 Å². The molecular weight excluding hydrogens is 282 g/mol. The van der Waals surface area contributed by atoms with E-state index in [1.54, 1.807) is 6.21 Å². The monoisotopic (exact) mass is 309 g/mol. The summed E-state index contributed by atoms with van der Waals surface area (Å²) in [7, 11) is 0. The summed E-state index contributed by atoms with van der Waals surface area (Å²) in [5.74, 6) is 1.13. The highest BCUT2D eigenvalue weighted by molar-refractivity contribution is 5.87. The van der Waals surface area contributed by atoms with E-state index < -0.39 is 0 Å². The van der Waals surface area contributed by atoms with Crippen LogP contribution in [0.2, 0.25) is 0 Å². The third-order valence-corrected chi connectivity index (χ3v) is 4.15. The van der Waals surface area contributed by atoms with Gasteiger partial charge >= 0.3 is 0 Å². The van der Waals surface area contributed by atoms with Gasteiger partial charge in [-0.3, -0.25) is 4.99 Å². The predicted octanol–water partition coefficient (Wildman–Crippen LogP) is 6.01. The van der Waals surface area contributed by atoms with Crippen molar-refractivity contribution in [1.82, 2.24) is 0 Å². The van der Waals surface area contributed by atoms with Crippen LogP contribution in [0.5, 0.6) is 5.75 Å². The van der Waals surface area contributed by atoms with Crippen LogP contribution >= 0.6 is 0 Å². The second-order valence-corrected chi connectivity index (χ2v) is 6.87. The molecule has 2 nitrogen and oxygen atoms in total. The Labute approximate surface area is 139 Å². The first-order valence-corrected chi connectivity index (χ1v) is 8.28. The molecule has 0 fully saturated rings. The molecule has 0 unspecified atom stereocenters. The van der Waals surface area contributed by atoms with Gasteiger partial charge in [-0.1, -0.05) is 52.0 Å². The number of hydrogen-bond donors (Lipinski definition) is 1. The van der Waals surface area contributed by atoms with Crippen LogP contribution in [0, 0.1) is 13.8 Å². The van der Waals surface area contributed by atoms with Crippen molar-refractivity contribution in [2.45, 2.75) is 53.4 Å². The number of nitrogens with zero attached hydrogens (tertiary/aromatic N) is 1. The third kappa shape index (κ3) is 3.82. The standard InChI is InChI=1S/C21H27NO/c1-13(2)18-8-7-9-19(14(3)4)20(18)22-12-17-11-15(5)10-16(6)21(17)23/h7-14,23H,1-6H3. The Morgan fingerprint density at radius 1 is 0.957 bits per heavy atom. The zero-order chi connectivity index (χ0) is 17.1. The molecule has 0 aromatic heterocycles. The highest BCUT2D eigenvalue weighted by Gasteiger charge is 2.13. The van der Waals surface area contributed by atoms with Crippen LogP contribution in [0.3, 0.4) is 0 Å². The molecule has 2 aromatic rings. The maximum absolute atomic E-state index is 10.3. The fourth-order valence-electron chi connectivity index (χ4n) is 2.89. The SMILES string of the molecule is Cc1cc(C)c(O)c(C=Nc2c(C(C)C)cccc2C(C)C)c1. The Bertz CT molecular complexity index is 701. The number of rotatable bonds is 4. The second-order valence-electron chi connectivity index (χ2n) is 6.87. The lowest BCUT2D eigenvalue weighted by Crippen LogP contribution is -1.96. The molecule has 0 heterocycles. The number of para-hydroxylation sites is 1. The van der Waals surface area contributed by atoms with E-state index in [1.165, 1.54) is 11.1 Å². The number of phenols is 1. The van der Waals surface area contributed by atoms with Gasteiger partial charge in [0, 0.05) is 11.8 Å². The molecular formula is C21H27NO. The summed E-state index contributed by atoms with van der Waals surface area (Å²) in [5, 5.41) is 10.3. The van der Waals surface area contributed by atoms with Crippen LogP contribution in [-0.2, 0) is 0 Å². The minimum Gasteiger partial charge on any atom is -0.507 e. The first-order valence-electron chi connectivity index (χ1n) is 8.28. The first-order chi connectivity index (χ1) is 10.8. The lowest BCUT2D eigenvalue weighted by molar-refractivity contribution is 0.470. The summed E-state index contributed by atoms with van der Waals surface area (Å²) < 4.78 is 0. The number of aromatic hydroxyl groups is 1. The van der Waals surface area contributed by atoms with E-state index >= 15 is 0 Å². The van der Waals surface area contributed by atoms with Gasteiger partial charge in [0.2, 0.25) is 0 Å². The lowest BCUT2D eigenvalue weighted by atomic mass is 9.93. The summed E-state index contributed by atoms with van der Waals surface area (Å²) in [6.45, 7) is 12.7. The lowest BCUT2D eigenvalue weighted by Gasteiger charge is -2.16. The topological polar surface area (TPSA) is 32.6 Å². The van der Waals surface area contributed by atoms with Gasteiger partial charge in [0.25, 0.3) is 0 Å². The summed E-state index contributed by atoms with van der Waals surface area (Å²) in [6.07, 6.45) is 1.79. The molecule has 0 aliphatic carbocycles. The number of hydrogen-bond acceptors (Lipinski definition) is 2. The van der Waals surface area contributed by atoms with Crippen molar-refractivity contribution in [3.8, 4) is 5.75 Å². The minimum absolute atomic E-state index is 0.312. The highest BCUT2D eigenvalue weighted by atomic mass is 16.3. The van der Waals surface area contributed by atoms with Gasteiger partial charge < -0.3 is 5.11 Å². The molecule has 23 heavy (non-hydrogen) atoms. The van der Waals surface area contributed by atoms with E-state index in [0.29, 0.717) is 17.6 Å². The normalized spacial score (nSPS) is 11.8. The van der Waals surface area contributed by atoms with Crippen molar-refractivity contribution in [3.63, 3.8) is 0 Å². The van der Waals surface area contributed by atoms with Crippen molar-refractivity contribution in [3.05, 3.63) is 58.1 Å². The van der Waals surface area contributed by atoms with E-state index in [4.69, 9.17) is 4.99 Å². The van der Waals surface area contributed by atoms with Crippen LogP contribution < -0.4 is 0 Å². The van der Waals surface area contributed by atoms with Crippen LogP contribution in [0.15, 0.2) is 35.3 Å². The molecule has 2 rings (SSSR count). The zero-order valence-corrected chi connectivity index (χ0v) is 15.0. The third-order valence-electron chi connectivity index (χ3n) is 4.15. The molecule has 0 atom stereocenters. The van der Waals surface area contributed by atoms with Crippen LogP contribution in [0.4, 0.5) is 5.69 Å². The molecule has 0 aliphatic heterocycles. The molecule has 0 bridgehead atoms. The summed E-state index contributed by atoms with van der Waals surface area (Å²) in [5.41, 5.74) is 6.31. The molecule has 122 valence electrons. The van der Waals surface area contributed by atoms with E-state index in [-0.39, 0.29) is 0 Å². The van der Waals surface area contributed by atoms with Crippen molar-refractivity contribution in [2.75, 3.05) is 0 Å². The molecule has 0 saturated heterocycles. The fourth-order valence-corrected chi connectivity index (χ4v) is 2.89. The maximum Gasteiger partial charge on any atom is 0.127 e. The number of aryl methyl sites for hydroxylation is 2. The van der Waals surface area contributed by atoms with E-state index in [9.17, 15) is 5.11 Å². The van der Waals surface area contributed by atoms with Crippen LogP contribution in [0.25, 0.3) is 0 Å². The average Bonchev–Trinajstić information content (AvgIpc) is 2.48. The van der Waals surface area contributed by atoms with Gasteiger partial charge in [-0.15, -0.1) is 0 Å². The largest absolute Gasteiger partial charge is 0.507 e. The smallest absolute Gasteiger partial charge is 0.127 e. The summed E-state index contributed by atoms with van der Waals surface area (Å²) in [6, 6.07) is 10.3. The van der Waals surface area contributed by atoms with Gasteiger partial charge in [-0.25, -0.2) is 0 Å². The Morgan fingerprint density at radius 2 is 1.52 bits per heavy atom. The highest BCUT2D eigenvalue weighted by Crippen LogP contribution is 2.35. The maximum atomic E-state index is 10.3. The Hall–Kier alpha value is -2.09. The van der Waals surface area contributed by atoms with Crippen molar-refractivity contribution in [2.24, 2.45) is 4.99 Å². The molecule has 1 N–H and O–H groups in total. The van der Waals surface area contributed by atoms with Gasteiger partial charge in [0.15, 0.2) is 0 Å². The Balaban J connectivity index is 2.55. The van der Waals surface area contributed by atoms with Gasteiger partial charge in [0.05, 0.1) is 5.69 Å². The molecule has 0 spiro atoms. The van der Waals surface area contributed by atoms with E-state index in [0.717, 1.165) is 22.4 Å². The second kappa shape index (κ2) is 6.99. The predicted molar refractivity (Wildman–Crippen MR) is 99.5 cm³/mol. The minimum atomic E-state index is 0.312. The molecule has 0 radical (unpaired) electrons. The number of aliphatic imine (C=N–C) groups is 1. The fraction of sp³-hybridized carbons (Fsp3) is 0.381. The van der Waals surface area contributed by atoms with Gasteiger partial charge in [-0.05, 0) is 54.0 Å². The molecule has 0 aliphatic rings. The van der Waals surface area contributed by atoms with E-state index in [1.807, 2.05) is 26.0 Å². The first kappa shape index (κ1) is 17.3. The Kier molecular flexibility index (Phi) is 5.25. The zero-order valence-electron chi connectivity index (χ0n) is 15.0. The molecule has 2 aromatic carbocycles. The van der Waals surface area contributed by atoms with Crippen molar-refractivity contribution in [1.29, 1.82) is 0 Å². The number of phenolic OH excluding ortho intramolecular Hbond substituents is 1. The van der Waals surface area contributed by atoms with Crippen molar-refractivity contribution >= 4 is 11.9 Å². The molecule has 2 heteroatoms. The molecule has 0 saturated carbocycles. The Morgan fingerprint density at radius 3 is 2.04 bits per heavy atom. The van der Waals surface area contributed by atoms with Crippen molar-refractivity contribution < 1.29 is 5.11 Å². The summed E-state index contributed by atoms with van der Waals surface area (Å²) in [4.78, 5) is 4.78. The number of benzene rings is 2. The van der Waals surface area contributed by atoms with Crippen LogP contribution in [-0.4, -0.2) is 11.3 Å². The van der Waals surface area contributed by atoms with Crippen LogP contribution in [0.1, 0.15) is 67.3 Å². The molecule has 0 amide bonds.